The number of morpholine rings is 1. The minimum atomic E-state index is -0.462. The van der Waals surface area contributed by atoms with Gasteiger partial charge in [-0.05, 0) is 42.5 Å². The Morgan fingerprint density at radius 1 is 1.28 bits per heavy atom. The van der Waals surface area contributed by atoms with Crippen molar-refractivity contribution in [2.45, 2.75) is 6.04 Å². The van der Waals surface area contributed by atoms with Gasteiger partial charge in [0.05, 0.1) is 36.2 Å². The highest BCUT2D eigenvalue weighted by Gasteiger charge is 2.19. The number of benzene rings is 2. The molecule has 1 fully saturated rings. The predicted molar refractivity (Wildman–Crippen MR) is 121 cm³/mol. The summed E-state index contributed by atoms with van der Waals surface area (Å²) in [6.07, 6.45) is 1.55. The number of carbonyl (C=O) groups is 1. The highest BCUT2D eigenvalue weighted by Crippen LogP contribution is 2.36. The highest BCUT2D eigenvalue weighted by atomic mass is 35.5. The molecule has 0 aliphatic carbocycles. The standard InChI is InChI=1S/C22H23ClFN5O3/c1-29-21(19(23)11-26-29)18-10-16(28-22(30)27-15-4-2-14(24)3-5-15)6-7-20(18)32-13-17-12-31-9-8-25-17/h2-7,10-11,17,25H,8-9,12-13H2,1H3,(H2,27,28,30)/t17-/m0/s1. The lowest BCUT2D eigenvalue weighted by Crippen LogP contribution is -2.44. The average Bonchev–Trinajstić information content (AvgIpc) is 3.13. The molecule has 0 spiro atoms. The molecule has 168 valence electrons. The molecule has 8 nitrogen and oxygen atoms in total. The van der Waals surface area contributed by atoms with Gasteiger partial charge in [0.2, 0.25) is 0 Å². The van der Waals surface area contributed by atoms with Gasteiger partial charge in [0, 0.05) is 30.5 Å². The van der Waals surface area contributed by atoms with E-state index in [1.807, 2.05) is 0 Å². The number of aromatic nitrogens is 2. The largest absolute Gasteiger partial charge is 0.491 e. The van der Waals surface area contributed by atoms with Gasteiger partial charge < -0.3 is 25.4 Å². The van der Waals surface area contributed by atoms with Gasteiger partial charge in [-0.3, -0.25) is 4.68 Å². The Labute approximate surface area is 189 Å². The molecule has 2 amide bonds. The fourth-order valence-corrected chi connectivity index (χ4v) is 3.64. The van der Waals surface area contributed by atoms with Crippen LogP contribution in [0.5, 0.6) is 5.75 Å². The maximum atomic E-state index is 13.1. The molecule has 1 aliphatic rings. The van der Waals surface area contributed by atoms with Crippen molar-refractivity contribution in [2.24, 2.45) is 7.05 Å². The number of amides is 2. The van der Waals surface area contributed by atoms with Crippen LogP contribution < -0.4 is 20.7 Å². The van der Waals surface area contributed by atoms with E-state index in [1.165, 1.54) is 24.3 Å². The average molecular weight is 460 g/mol. The van der Waals surface area contributed by atoms with Gasteiger partial charge in [-0.2, -0.15) is 5.10 Å². The lowest BCUT2D eigenvalue weighted by molar-refractivity contribution is 0.0593. The Balaban J connectivity index is 1.54. The van der Waals surface area contributed by atoms with Crippen LogP contribution in [0, 0.1) is 5.82 Å². The number of nitrogens with one attached hydrogen (secondary N) is 3. The van der Waals surface area contributed by atoms with Crippen LogP contribution in [-0.4, -0.2) is 48.2 Å². The lowest BCUT2D eigenvalue weighted by atomic mass is 10.1. The minimum absolute atomic E-state index is 0.0814. The quantitative estimate of drug-likeness (QED) is 0.520. The Kier molecular flexibility index (Phi) is 6.89. The molecule has 1 aliphatic heterocycles. The third-order valence-electron chi connectivity index (χ3n) is 4.93. The Morgan fingerprint density at radius 3 is 2.72 bits per heavy atom. The number of halogens is 2. The van der Waals surface area contributed by atoms with E-state index in [2.05, 4.69) is 21.0 Å². The van der Waals surface area contributed by atoms with E-state index in [0.29, 0.717) is 53.2 Å². The van der Waals surface area contributed by atoms with Gasteiger partial charge >= 0.3 is 6.03 Å². The summed E-state index contributed by atoms with van der Waals surface area (Å²) in [4.78, 5) is 12.4. The van der Waals surface area contributed by atoms with E-state index >= 15 is 0 Å². The molecule has 3 aromatic rings. The normalized spacial score (nSPS) is 15.9. The van der Waals surface area contributed by atoms with Crippen LogP contribution in [0.25, 0.3) is 11.3 Å². The molecule has 1 atom stereocenters. The van der Waals surface area contributed by atoms with Gasteiger partial charge in [0.15, 0.2) is 0 Å². The number of carbonyl (C=O) groups excluding carboxylic acids is 1. The molecule has 1 aromatic heterocycles. The van der Waals surface area contributed by atoms with Crippen LogP contribution >= 0.6 is 11.6 Å². The van der Waals surface area contributed by atoms with Gasteiger partial charge in [-0.15, -0.1) is 0 Å². The second-order valence-electron chi connectivity index (χ2n) is 7.30. The lowest BCUT2D eigenvalue weighted by Gasteiger charge is -2.24. The van der Waals surface area contributed by atoms with Gasteiger partial charge in [0.25, 0.3) is 0 Å². The summed E-state index contributed by atoms with van der Waals surface area (Å²) >= 11 is 6.38. The summed E-state index contributed by atoms with van der Waals surface area (Å²) in [5, 5.41) is 13.5. The van der Waals surface area contributed by atoms with Crippen molar-refractivity contribution in [1.82, 2.24) is 15.1 Å². The molecule has 2 aromatic carbocycles. The summed E-state index contributed by atoms with van der Waals surface area (Å²) in [6, 6.07) is 10.4. The minimum Gasteiger partial charge on any atom is -0.491 e. The predicted octanol–water partition coefficient (Wildman–Crippen LogP) is 3.89. The topological polar surface area (TPSA) is 89.4 Å². The van der Waals surface area contributed by atoms with E-state index in [4.69, 9.17) is 21.1 Å². The molecule has 1 saturated heterocycles. The SMILES string of the molecule is Cn1ncc(Cl)c1-c1cc(NC(=O)Nc2ccc(F)cc2)ccc1OC[C@@H]1COCCN1. The highest BCUT2D eigenvalue weighted by molar-refractivity contribution is 6.33. The third-order valence-corrected chi connectivity index (χ3v) is 5.20. The molecule has 0 unspecified atom stereocenters. The smallest absolute Gasteiger partial charge is 0.323 e. The molecule has 0 radical (unpaired) electrons. The van der Waals surface area contributed by atoms with Crippen molar-refractivity contribution < 1.29 is 18.7 Å². The van der Waals surface area contributed by atoms with E-state index in [1.54, 1.807) is 36.1 Å². The fourth-order valence-electron chi connectivity index (χ4n) is 3.38. The summed E-state index contributed by atoms with van der Waals surface area (Å²) in [6.45, 7) is 2.46. The number of hydrogen-bond acceptors (Lipinski definition) is 5. The number of anilines is 2. The van der Waals surface area contributed by atoms with Crippen LogP contribution in [0.15, 0.2) is 48.7 Å². The molecule has 0 saturated carbocycles. The first-order valence-corrected chi connectivity index (χ1v) is 10.5. The van der Waals surface area contributed by atoms with Crippen LogP contribution in [0.4, 0.5) is 20.6 Å². The molecule has 10 heteroatoms. The number of ether oxygens (including phenoxy) is 2. The first kappa shape index (κ1) is 22.1. The van der Waals surface area contributed by atoms with Crippen molar-refractivity contribution in [3.8, 4) is 17.0 Å². The van der Waals surface area contributed by atoms with Gasteiger partial charge in [-0.1, -0.05) is 11.6 Å². The third kappa shape index (κ3) is 5.37. The first-order chi connectivity index (χ1) is 15.5. The van der Waals surface area contributed by atoms with E-state index in [9.17, 15) is 9.18 Å². The summed E-state index contributed by atoms with van der Waals surface area (Å²) in [5.74, 6) is 0.228. The van der Waals surface area contributed by atoms with Crippen molar-refractivity contribution in [3.63, 3.8) is 0 Å². The van der Waals surface area contributed by atoms with Crippen molar-refractivity contribution in [2.75, 3.05) is 37.0 Å². The van der Waals surface area contributed by atoms with Gasteiger partial charge in [-0.25, -0.2) is 9.18 Å². The summed E-state index contributed by atoms with van der Waals surface area (Å²) in [7, 11) is 1.78. The number of hydrogen-bond donors (Lipinski definition) is 3. The second-order valence-corrected chi connectivity index (χ2v) is 7.71. The van der Waals surface area contributed by atoms with E-state index in [0.717, 1.165) is 6.54 Å². The van der Waals surface area contributed by atoms with E-state index < -0.39 is 6.03 Å². The number of nitrogens with zero attached hydrogens (tertiary/aromatic N) is 2. The summed E-state index contributed by atoms with van der Waals surface area (Å²) < 4.78 is 26.3. The van der Waals surface area contributed by atoms with Crippen LogP contribution in [0.1, 0.15) is 0 Å². The number of urea groups is 1. The second kappa shape index (κ2) is 9.99. The zero-order valence-electron chi connectivity index (χ0n) is 17.4. The van der Waals surface area contributed by atoms with Crippen LogP contribution in [0.2, 0.25) is 5.02 Å². The molecule has 4 rings (SSSR count). The van der Waals surface area contributed by atoms with E-state index in [-0.39, 0.29) is 11.9 Å². The van der Waals surface area contributed by atoms with Gasteiger partial charge in [0.1, 0.15) is 18.2 Å². The van der Waals surface area contributed by atoms with Crippen LogP contribution in [0.3, 0.4) is 0 Å². The fraction of sp³-hybridized carbons (Fsp3) is 0.273. The zero-order valence-corrected chi connectivity index (χ0v) is 18.2. The van der Waals surface area contributed by atoms with Crippen LogP contribution in [-0.2, 0) is 11.8 Å². The maximum absolute atomic E-state index is 13.1. The maximum Gasteiger partial charge on any atom is 0.323 e. The Hall–Kier alpha value is -3.14. The van der Waals surface area contributed by atoms with Crippen molar-refractivity contribution in [1.29, 1.82) is 0 Å². The molecule has 32 heavy (non-hydrogen) atoms. The summed E-state index contributed by atoms with van der Waals surface area (Å²) in [5.41, 5.74) is 2.35. The molecular formula is C22H23ClFN5O3. The molecule has 2 heterocycles. The van der Waals surface area contributed by atoms with Crippen molar-refractivity contribution >= 4 is 29.0 Å². The Morgan fingerprint density at radius 2 is 2.03 bits per heavy atom. The molecular weight excluding hydrogens is 437 g/mol. The number of rotatable bonds is 6. The first-order valence-electron chi connectivity index (χ1n) is 10.1. The zero-order chi connectivity index (χ0) is 22.5. The number of aryl methyl sites for hydroxylation is 1. The molecule has 0 bridgehead atoms. The Bertz CT molecular complexity index is 1060. The van der Waals surface area contributed by atoms with Crippen molar-refractivity contribution in [3.05, 3.63) is 59.5 Å². The monoisotopic (exact) mass is 459 g/mol. The molecule has 3 N–H and O–H groups in total.